The van der Waals surface area contributed by atoms with E-state index < -0.39 is 0 Å². The predicted octanol–water partition coefficient (Wildman–Crippen LogP) is 1.33. The van der Waals surface area contributed by atoms with Gasteiger partial charge in [-0.1, -0.05) is 18.2 Å². The monoisotopic (exact) mass is 374 g/mol. The summed E-state index contributed by atoms with van der Waals surface area (Å²) >= 11 is 0. The minimum Gasteiger partial charge on any atom is -0.335 e. The molecule has 1 N–H and O–H groups in total. The van der Waals surface area contributed by atoms with Gasteiger partial charge in [-0.3, -0.25) is 14.6 Å². The molecule has 8 heteroatoms. The molecular weight excluding hydrogens is 356 g/mol. The molecule has 0 aliphatic carbocycles. The van der Waals surface area contributed by atoms with Gasteiger partial charge in [0.1, 0.15) is 6.33 Å². The minimum absolute atomic E-state index is 0.0592. The van der Waals surface area contributed by atoms with Crippen LogP contribution >= 0.6 is 0 Å². The van der Waals surface area contributed by atoms with E-state index in [0.717, 1.165) is 6.42 Å². The zero-order chi connectivity index (χ0) is 19.1. The first-order valence-corrected chi connectivity index (χ1v) is 9.19. The second-order valence-corrected chi connectivity index (χ2v) is 7.07. The molecule has 0 radical (unpaired) electrons. The van der Waals surface area contributed by atoms with Gasteiger partial charge in [0.25, 0.3) is 11.5 Å². The molecule has 2 saturated heterocycles. The van der Waals surface area contributed by atoms with Gasteiger partial charge in [0.2, 0.25) is 5.95 Å². The van der Waals surface area contributed by atoms with Crippen LogP contribution < -0.4 is 10.5 Å². The van der Waals surface area contributed by atoms with Crippen LogP contribution in [0.25, 0.3) is 11.4 Å². The summed E-state index contributed by atoms with van der Waals surface area (Å²) in [6.45, 7) is 1.28. The van der Waals surface area contributed by atoms with E-state index in [9.17, 15) is 9.59 Å². The lowest BCUT2D eigenvalue weighted by molar-refractivity contribution is 0.0725. The van der Waals surface area contributed by atoms with E-state index in [0.29, 0.717) is 36.0 Å². The molecule has 1 amide bonds. The van der Waals surface area contributed by atoms with Crippen LogP contribution in [0.4, 0.5) is 5.95 Å². The van der Waals surface area contributed by atoms with E-state index in [1.807, 2.05) is 35.2 Å². The number of H-pyrrole nitrogens is 1. The molecule has 0 saturated carbocycles. The summed E-state index contributed by atoms with van der Waals surface area (Å²) in [5.41, 5.74) is 1.60. The minimum atomic E-state index is -0.224. The molecule has 1 aromatic carbocycles. The van der Waals surface area contributed by atoms with Gasteiger partial charge in [-0.05, 0) is 24.6 Å². The van der Waals surface area contributed by atoms with Gasteiger partial charge in [-0.15, -0.1) is 0 Å². The SMILES string of the molecule is O=C(c1ccccc1)N1C[C@H]2CC1CN2c1nc(-c2ccncn2)cc(=O)[nH]1. The van der Waals surface area contributed by atoms with Crippen molar-refractivity contribution < 1.29 is 4.79 Å². The number of fused-ring (bicyclic) bond motifs is 2. The quantitative estimate of drug-likeness (QED) is 0.743. The molecule has 0 spiro atoms. The van der Waals surface area contributed by atoms with E-state index in [-0.39, 0.29) is 23.6 Å². The van der Waals surface area contributed by atoms with Gasteiger partial charge in [0.15, 0.2) is 0 Å². The highest BCUT2D eigenvalue weighted by Crippen LogP contribution is 2.34. The topological polar surface area (TPSA) is 95.1 Å². The Kier molecular flexibility index (Phi) is 3.89. The number of anilines is 1. The van der Waals surface area contributed by atoms with Gasteiger partial charge in [0.05, 0.1) is 23.5 Å². The average Bonchev–Trinajstić information content (AvgIpc) is 3.35. The molecule has 2 bridgehead atoms. The highest BCUT2D eigenvalue weighted by Gasteiger charge is 2.46. The summed E-state index contributed by atoms with van der Waals surface area (Å²) in [5.74, 6) is 0.587. The summed E-state index contributed by atoms with van der Waals surface area (Å²) < 4.78 is 0. The van der Waals surface area contributed by atoms with Crippen molar-refractivity contribution in [2.75, 3.05) is 18.0 Å². The van der Waals surface area contributed by atoms with E-state index in [1.165, 1.54) is 12.4 Å². The Hall–Kier alpha value is -3.55. The second-order valence-electron chi connectivity index (χ2n) is 7.07. The van der Waals surface area contributed by atoms with E-state index in [2.05, 4.69) is 24.8 Å². The number of piperazine rings is 1. The molecule has 1 unspecified atom stereocenters. The molecule has 2 aromatic heterocycles. The zero-order valence-corrected chi connectivity index (χ0v) is 15.0. The second kappa shape index (κ2) is 6.56. The largest absolute Gasteiger partial charge is 0.335 e. The smallest absolute Gasteiger partial charge is 0.254 e. The van der Waals surface area contributed by atoms with Crippen molar-refractivity contribution >= 4 is 11.9 Å². The van der Waals surface area contributed by atoms with Gasteiger partial charge in [-0.25, -0.2) is 15.0 Å². The summed E-state index contributed by atoms with van der Waals surface area (Å²) in [7, 11) is 0. The van der Waals surface area contributed by atoms with Crippen molar-refractivity contribution in [2.24, 2.45) is 0 Å². The van der Waals surface area contributed by atoms with Crippen LogP contribution in [0.3, 0.4) is 0 Å². The van der Waals surface area contributed by atoms with Crippen molar-refractivity contribution in [3.63, 3.8) is 0 Å². The standard InChI is InChI=1S/C20H18N6O2/c27-18-9-17(16-6-7-21-12-22-16)23-20(24-18)26-11-14-8-15(26)10-25(14)19(28)13-4-2-1-3-5-13/h1-7,9,12,14-15H,8,10-11H2,(H,23,24,27)/t14?,15-/m1/s1. The third kappa shape index (κ3) is 2.83. The number of carbonyl (C=O) groups is 1. The number of aromatic amines is 1. The van der Waals surface area contributed by atoms with Crippen LogP contribution in [0.5, 0.6) is 0 Å². The Bertz CT molecular complexity index is 1070. The maximum absolute atomic E-state index is 12.8. The molecule has 140 valence electrons. The fourth-order valence-electron chi connectivity index (χ4n) is 4.08. The van der Waals surface area contributed by atoms with Crippen LogP contribution in [0, 0.1) is 0 Å². The van der Waals surface area contributed by atoms with Crippen LogP contribution in [0.15, 0.2) is 59.8 Å². The normalized spacial score (nSPS) is 20.6. The first-order chi connectivity index (χ1) is 13.7. The lowest BCUT2D eigenvalue weighted by Crippen LogP contribution is -2.49. The molecule has 4 heterocycles. The molecule has 2 fully saturated rings. The number of hydrogen-bond acceptors (Lipinski definition) is 6. The fraction of sp³-hybridized carbons (Fsp3) is 0.250. The molecule has 8 nitrogen and oxygen atoms in total. The van der Waals surface area contributed by atoms with Gasteiger partial charge < -0.3 is 9.80 Å². The molecule has 5 rings (SSSR count). The van der Waals surface area contributed by atoms with E-state index in [4.69, 9.17) is 0 Å². The highest BCUT2D eigenvalue weighted by atomic mass is 16.2. The molecule has 2 aliphatic rings. The highest BCUT2D eigenvalue weighted by molar-refractivity contribution is 5.94. The number of likely N-dealkylation sites (tertiary alicyclic amines) is 1. The number of rotatable bonds is 3. The average molecular weight is 374 g/mol. The van der Waals surface area contributed by atoms with Gasteiger partial charge in [-0.2, -0.15) is 0 Å². The number of benzene rings is 1. The first-order valence-electron chi connectivity index (χ1n) is 9.19. The summed E-state index contributed by atoms with van der Waals surface area (Å²) in [5, 5.41) is 0. The third-order valence-electron chi connectivity index (χ3n) is 5.37. The lowest BCUT2D eigenvalue weighted by Gasteiger charge is -2.34. The van der Waals surface area contributed by atoms with Crippen molar-refractivity contribution in [3.05, 3.63) is 70.9 Å². The third-order valence-corrected chi connectivity index (χ3v) is 5.37. The number of amides is 1. The van der Waals surface area contributed by atoms with Crippen molar-refractivity contribution in [2.45, 2.75) is 18.5 Å². The summed E-state index contributed by atoms with van der Waals surface area (Å²) in [4.78, 5) is 44.5. The van der Waals surface area contributed by atoms with Crippen LogP contribution in [0.1, 0.15) is 16.8 Å². The number of carbonyl (C=O) groups excluding carboxylic acids is 1. The predicted molar refractivity (Wildman–Crippen MR) is 103 cm³/mol. The van der Waals surface area contributed by atoms with Gasteiger partial charge in [0, 0.05) is 30.9 Å². The Balaban J connectivity index is 1.39. The van der Waals surface area contributed by atoms with Crippen LogP contribution in [0.2, 0.25) is 0 Å². The summed E-state index contributed by atoms with van der Waals surface area (Å²) in [6, 6.07) is 12.8. The molecular formula is C20H18N6O2. The molecule has 3 aromatic rings. The first kappa shape index (κ1) is 16.6. The van der Waals surface area contributed by atoms with E-state index >= 15 is 0 Å². The Morgan fingerprint density at radius 1 is 1.07 bits per heavy atom. The lowest BCUT2D eigenvalue weighted by atomic mass is 10.2. The summed E-state index contributed by atoms with van der Waals surface area (Å²) in [6.07, 6.45) is 3.93. The maximum Gasteiger partial charge on any atom is 0.254 e. The Morgan fingerprint density at radius 3 is 2.64 bits per heavy atom. The van der Waals surface area contributed by atoms with Crippen molar-refractivity contribution in [1.29, 1.82) is 0 Å². The van der Waals surface area contributed by atoms with Crippen LogP contribution in [-0.4, -0.2) is 55.9 Å². The Morgan fingerprint density at radius 2 is 1.93 bits per heavy atom. The van der Waals surface area contributed by atoms with Crippen molar-refractivity contribution in [3.8, 4) is 11.4 Å². The molecule has 2 aliphatic heterocycles. The Labute approximate surface area is 160 Å². The molecule has 2 atom stereocenters. The molecule has 28 heavy (non-hydrogen) atoms. The van der Waals surface area contributed by atoms with Crippen molar-refractivity contribution in [1.82, 2.24) is 24.8 Å². The number of aromatic nitrogens is 4. The number of nitrogens with one attached hydrogen (secondary N) is 1. The van der Waals surface area contributed by atoms with Gasteiger partial charge >= 0.3 is 0 Å². The number of nitrogens with zero attached hydrogens (tertiary/aromatic N) is 5. The zero-order valence-electron chi connectivity index (χ0n) is 15.0. The van der Waals surface area contributed by atoms with Crippen LogP contribution in [-0.2, 0) is 0 Å². The fourth-order valence-corrected chi connectivity index (χ4v) is 4.08. The number of hydrogen-bond donors (Lipinski definition) is 1. The van der Waals surface area contributed by atoms with E-state index in [1.54, 1.807) is 12.3 Å². The maximum atomic E-state index is 12.8.